The molecule has 0 bridgehead atoms. The van der Waals surface area contributed by atoms with Crippen LogP contribution >= 0.6 is 12.2 Å². The lowest BCUT2D eigenvalue weighted by Crippen LogP contribution is -2.09. The van der Waals surface area contributed by atoms with Crippen LogP contribution in [0.15, 0.2) is 25.3 Å². The first kappa shape index (κ1) is 11.0. The SMILES string of the molecule is C=CCOC(=O)CC(=S)CC=C. The second kappa shape index (κ2) is 6.73. The largest absolute Gasteiger partial charge is 0.461 e. The van der Waals surface area contributed by atoms with Gasteiger partial charge in [0.2, 0.25) is 0 Å². The highest BCUT2D eigenvalue weighted by Gasteiger charge is 2.04. The van der Waals surface area contributed by atoms with Gasteiger partial charge in [-0.2, -0.15) is 0 Å². The molecule has 3 heteroatoms. The van der Waals surface area contributed by atoms with E-state index in [0.29, 0.717) is 11.3 Å². The molecule has 12 heavy (non-hydrogen) atoms. The molecule has 0 amide bonds. The van der Waals surface area contributed by atoms with Gasteiger partial charge < -0.3 is 4.74 Å². The summed E-state index contributed by atoms with van der Waals surface area (Å²) < 4.78 is 4.73. The molecule has 0 atom stereocenters. The fourth-order valence-corrected chi connectivity index (χ4v) is 0.833. The summed E-state index contributed by atoms with van der Waals surface area (Å²) in [5.74, 6) is -0.304. The first-order valence-corrected chi connectivity index (χ1v) is 4.00. The Morgan fingerprint density at radius 3 is 2.58 bits per heavy atom. The van der Waals surface area contributed by atoms with Gasteiger partial charge in [0.05, 0.1) is 6.42 Å². The highest BCUT2D eigenvalue weighted by molar-refractivity contribution is 7.80. The van der Waals surface area contributed by atoms with Crippen LogP contribution in [0, 0.1) is 0 Å². The highest BCUT2D eigenvalue weighted by atomic mass is 32.1. The number of allylic oxidation sites excluding steroid dienone is 1. The first-order chi connectivity index (χ1) is 5.70. The van der Waals surface area contributed by atoms with E-state index in [2.05, 4.69) is 13.2 Å². The quantitative estimate of drug-likeness (QED) is 0.359. The molecule has 0 aliphatic carbocycles. The van der Waals surface area contributed by atoms with Crippen LogP contribution in [0.25, 0.3) is 0 Å². The molecular formula is C9H12O2S. The smallest absolute Gasteiger partial charge is 0.311 e. The molecule has 2 nitrogen and oxygen atoms in total. The van der Waals surface area contributed by atoms with Crippen molar-refractivity contribution in [2.24, 2.45) is 0 Å². The number of ether oxygens (including phenoxy) is 1. The maximum atomic E-state index is 10.9. The van der Waals surface area contributed by atoms with Gasteiger partial charge >= 0.3 is 5.97 Å². The molecule has 0 aliphatic heterocycles. The van der Waals surface area contributed by atoms with E-state index in [9.17, 15) is 4.79 Å². The van der Waals surface area contributed by atoms with Gasteiger partial charge in [-0.3, -0.25) is 4.79 Å². The molecule has 0 fully saturated rings. The number of hydrogen-bond donors (Lipinski definition) is 0. The molecule has 0 spiro atoms. The third-order valence-electron chi connectivity index (χ3n) is 1.08. The molecule has 0 saturated carbocycles. The van der Waals surface area contributed by atoms with Gasteiger partial charge in [-0.15, -0.1) is 6.58 Å². The summed E-state index contributed by atoms with van der Waals surface area (Å²) in [5.41, 5.74) is 0. The Bertz CT molecular complexity index is 197. The Labute approximate surface area is 77.9 Å². The van der Waals surface area contributed by atoms with Gasteiger partial charge in [0.1, 0.15) is 6.61 Å². The summed E-state index contributed by atoms with van der Waals surface area (Å²) in [5, 5.41) is 0. The van der Waals surface area contributed by atoms with Crippen molar-refractivity contribution in [2.45, 2.75) is 12.8 Å². The van der Waals surface area contributed by atoms with Crippen molar-refractivity contribution >= 4 is 23.1 Å². The molecule has 0 aromatic heterocycles. The van der Waals surface area contributed by atoms with Crippen LogP contribution in [0.4, 0.5) is 0 Å². The van der Waals surface area contributed by atoms with E-state index < -0.39 is 0 Å². The van der Waals surface area contributed by atoms with E-state index in [-0.39, 0.29) is 19.0 Å². The summed E-state index contributed by atoms with van der Waals surface area (Å²) in [6.07, 6.45) is 3.96. The average molecular weight is 184 g/mol. The molecular weight excluding hydrogens is 172 g/mol. The third-order valence-corrected chi connectivity index (χ3v) is 1.39. The number of hydrogen-bond acceptors (Lipinski definition) is 3. The number of carbonyl (C=O) groups is 1. The van der Waals surface area contributed by atoms with Crippen LogP contribution in [0.2, 0.25) is 0 Å². The van der Waals surface area contributed by atoms with Crippen molar-refractivity contribution in [3.8, 4) is 0 Å². The van der Waals surface area contributed by atoms with Crippen LogP contribution < -0.4 is 0 Å². The second-order valence-electron chi connectivity index (χ2n) is 2.18. The van der Waals surface area contributed by atoms with Crippen LogP contribution in [0.1, 0.15) is 12.8 Å². The Morgan fingerprint density at radius 1 is 1.42 bits per heavy atom. The van der Waals surface area contributed by atoms with Crippen LogP contribution in [0.3, 0.4) is 0 Å². The number of carbonyl (C=O) groups excluding carboxylic acids is 1. The van der Waals surface area contributed by atoms with Crippen LogP contribution in [-0.4, -0.2) is 17.4 Å². The summed E-state index contributed by atoms with van der Waals surface area (Å²) >= 11 is 4.88. The minimum Gasteiger partial charge on any atom is -0.461 e. The van der Waals surface area contributed by atoms with E-state index >= 15 is 0 Å². The molecule has 0 heterocycles. The average Bonchev–Trinajstić information content (AvgIpc) is 2.01. The summed E-state index contributed by atoms with van der Waals surface area (Å²) in [7, 11) is 0. The zero-order valence-electron chi connectivity index (χ0n) is 6.91. The summed E-state index contributed by atoms with van der Waals surface area (Å²) in [6, 6.07) is 0. The van der Waals surface area contributed by atoms with E-state index in [1.807, 2.05) is 0 Å². The maximum Gasteiger partial charge on any atom is 0.311 e. The Balaban J connectivity index is 3.60. The van der Waals surface area contributed by atoms with Crippen molar-refractivity contribution in [1.29, 1.82) is 0 Å². The molecule has 66 valence electrons. The van der Waals surface area contributed by atoms with Gasteiger partial charge in [-0.25, -0.2) is 0 Å². The minimum absolute atomic E-state index is 0.190. The Hall–Kier alpha value is -0.960. The van der Waals surface area contributed by atoms with Crippen molar-refractivity contribution in [3.63, 3.8) is 0 Å². The van der Waals surface area contributed by atoms with Crippen molar-refractivity contribution in [2.75, 3.05) is 6.61 Å². The Morgan fingerprint density at radius 2 is 2.08 bits per heavy atom. The minimum atomic E-state index is -0.304. The van der Waals surface area contributed by atoms with Gasteiger partial charge in [0.25, 0.3) is 0 Å². The number of esters is 1. The van der Waals surface area contributed by atoms with Gasteiger partial charge in [0.15, 0.2) is 0 Å². The molecule has 0 aliphatic rings. The molecule has 0 unspecified atom stereocenters. The summed E-state index contributed by atoms with van der Waals surface area (Å²) in [6.45, 7) is 7.18. The monoisotopic (exact) mass is 184 g/mol. The predicted molar refractivity (Wildman–Crippen MR) is 53.2 cm³/mol. The van der Waals surface area contributed by atoms with Crippen molar-refractivity contribution < 1.29 is 9.53 Å². The van der Waals surface area contributed by atoms with Crippen LogP contribution in [-0.2, 0) is 9.53 Å². The van der Waals surface area contributed by atoms with Crippen molar-refractivity contribution in [1.82, 2.24) is 0 Å². The molecule has 0 aromatic carbocycles. The fourth-order valence-electron chi connectivity index (χ4n) is 0.597. The zero-order chi connectivity index (χ0) is 9.40. The van der Waals surface area contributed by atoms with Gasteiger partial charge in [-0.05, 0) is 6.42 Å². The van der Waals surface area contributed by atoms with E-state index in [1.165, 1.54) is 6.08 Å². The maximum absolute atomic E-state index is 10.9. The Kier molecular flexibility index (Phi) is 6.19. The van der Waals surface area contributed by atoms with E-state index in [1.54, 1.807) is 6.08 Å². The number of thiocarbonyl (C=S) groups is 1. The van der Waals surface area contributed by atoms with Crippen molar-refractivity contribution in [3.05, 3.63) is 25.3 Å². The molecule has 0 saturated heterocycles. The first-order valence-electron chi connectivity index (χ1n) is 3.59. The predicted octanol–water partition coefficient (Wildman–Crippen LogP) is 2.05. The van der Waals surface area contributed by atoms with Gasteiger partial charge in [0, 0.05) is 4.86 Å². The van der Waals surface area contributed by atoms with Crippen LogP contribution in [0.5, 0.6) is 0 Å². The lowest BCUT2D eigenvalue weighted by molar-refractivity contribution is -0.140. The molecule has 0 N–H and O–H groups in total. The fraction of sp³-hybridized carbons (Fsp3) is 0.333. The second-order valence-corrected chi connectivity index (χ2v) is 2.76. The summed E-state index contributed by atoms with van der Waals surface area (Å²) in [4.78, 5) is 11.5. The normalized spacial score (nSPS) is 8.67. The third kappa shape index (κ3) is 5.80. The standard InChI is InChI=1S/C9H12O2S/c1-3-5-8(12)7-9(10)11-6-4-2/h3-4H,1-2,5-7H2. The van der Waals surface area contributed by atoms with Gasteiger partial charge in [-0.1, -0.05) is 30.9 Å². The number of rotatable bonds is 6. The molecule has 0 radical (unpaired) electrons. The highest BCUT2D eigenvalue weighted by Crippen LogP contribution is 1.96. The lowest BCUT2D eigenvalue weighted by Gasteiger charge is -2.00. The van der Waals surface area contributed by atoms with E-state index in [0.717, 1.165) is 0 Å². The zero-order valence-corrected chi connectivity index (χ0v) is 7.73. The topological polar surface area (TPSA) is 26.3 Å². The van der Waals surface area contributed by atoms with E-state index in [4.69, 9.17) is 17.0 Å². The molecule has 0 aromatic rings. The lowest BCUT2D eigenvalue weighted by atomic mass is 10.2. The molecule has 0 rings (SSSR count).